The number of nitrogens with zero attached hydrogens (tertiary/aromatic N) is 1. The molecule has 0 aliphatic carbocycles. The maximum absolute atomic E-state index is 12.4. The zero-order chi connectivity index (χ0) is 21.3. The first kappa shape index (κ1) is 20.6. The maximum Gasteiger partial charge on any atom is 0.257 e. The highest BCUT2D eigenvalue weighted by molar-refractivity contribution is 7.80. The molecule has 9 heteroatoms. The molecule has 3 N–H and O–H groups in total. The molecular formula is C21H13Cl3N4OS. The summed E-state index contributed by atoms with van der Waals surface area (Å²) in [6.45, 7) is 0. The fraction of sp³-hybridized carbons (Fsp3) is 0. The second kappa shape index (κ2) is 8.62. The molecule has 0 aliphatic rings. The molecule has 0 aliphatic heterocycles. The fourth-order valence-electron chi connectivity index (χ4n) is 2.82. The molecule has 0 bridgehead atoms. The molecule has 0 unspecified atom stereocenters. The summed E-state index contributed by atoms with van der Waals surface area (Å²) in [5, 5.41) is 6.73. The maximum atomic E-state index is 12.4. The Balaban J connectivity index is 1.52. The zero-order valence-corrected chi connectivity index (χ0v) is 18.3. The molecule has 30 heavy (non-hydrogen) atoms. The number of aromatic nitrogens is 2. The van der Waals surface area contributed by atoms with Gasteiger partial charge in [-0.1, -0.05) is 46.9 Å². The largest absolute Gasteiger partial charge is 0.338 e. The van der Waals surface area contributed by atoms with Crippen molar-refractivity contribution in [1.82, 2.24) is 15.3 Å². The van der Waals surface area contributed by atoms with Gasteiger partial charge in [0.05, 0.1) is 31.8 Å². The van der Waals surface area contributed by atoms with Crippen molar-refractivity contribution in [2.75, 3.05) is 5.32 Å². The lowest BCUT2D eigenvalue weighted by Gasteiger charge is -2.12. The van der Waals surface area contributed by atoms with Crippen LogP contribution in [0.15, 0.2) is 60.7 Å². The zero-order valence-electron chi connectivity index (χ0n) is 15.2. The first-order valence-electron chi connectivity index (χ1n) is 8.73. The monoisotopic (exact) mass is 474 g/mol. The normalized spacial score (nSPS) is 10.8. The molecule has 1 heterocycles. The Labute approximate surface area is 192 Å². The van der Waals surface area contributed by atoms with Crippen LogP contribution in [-0.4, -0.2) is 21.0 Å². The molecule has 0 radical (unpaired) electrons. The van der Waals surface area contributed by atoms with Gasteiger partial charge in [-0.3, -0.25) is 10.1 Å². The summed E-state index contributed by atoms with van der Waals surface area (Å²) < 4.78 is 0. The van der Waals surface area contributed by atoms with Crippen LogP contribution in [0.2, 0.25) is 15.1 Å². The summed E-state index contributed by atoms with van der Waals surface area (Å²) in [5.41, 5.74) is 3.48. The number of rotatable bonds is 3. The van der Waals surface area contributed by atoms with E-state index in [-0.39, 0.29) is 10.1 Å². The number of carbonyl (C=O) groups is 1. The number of para-hydroxylation sites is 2. The SMILES string of the molecule is O=C(NC(=S)Nc1cc(-c2nc3ccccc3[nH]2)ccc1Cl)c1ccc(Cl)c(Cl)c1. The number of benzene rings is 3. The van der Waals surface area contributed by atoms with E-state index in [9.17, 15) is 4.79 Å². The quantitative estimate of drug-likeness (QED) is 0.303. The minimum absolute atomic E-state index is 0.0923. The highest BCUT2D eigenvalue weighted by atomic mass is 35.5. The molecule has 0 atom stereocenters. The number of amides is 1. The lowest BCUT2D eigenvalue weighted by atomic mass is 10.2. The molecule has 4 aromatic rings. The Morgan fingerprint density at radius 1 is 0.933 bits per heavy atom. The van der Waals surface area contributed by atoms with Crippen molar-refractivity contribution < 1.29 is 4.79 Å². The van der Waals surface area contributed by atoms with Gasteiger partial charge in [0.15, 0.2) is 5.11 Å². The molecule has 5 nitrogen and oxygen atoms in total. The lowest BCUT2D eigenvalue weighted by Crippen LogP contribution is -2.34. The molecule has 0 saturated carbocycles. The van der Waals surface area contributed by atoms with Gasteiger partial charge < -0.3 is 10.3 Å². The average molecular weight is 476 g/mol. The van der Waals surface area contributed by atoms with E-state index in [1.807, 2.05) is 30.3 Å². The molecular weight excluding hydrogens is 463 g/mol. The molecule has 1 aromatic heterocycles. The van der Waals surface area contributed by atoms with Crippen LogP contribution >= 0.6 is 47.0 Å². The van der Waals surface area contributed by atoms with E-state index < -0.39 is 5.91 Å². The Hall–Kier alpha value is -2.64. The van der Waals surface area contributed by atoms with Crippen molar-refractivity contribution >= 4 is 74.8 Å². The van der Waals surface area contributed by atoms with Crippen LogP contribution in [0.5, 0.6) is 0 Å². The molecule has 3 aromatic carbocycles. The summed E-state index contributed by atoms with van der Waals surface area (Å²) in [4.78, 5) is 20.2. The van der Waals surface area contributed by atoms with Crippen molar-refractivity contribution in [3.63, 3.8) is 0 Å². The standard InChI is InChI=1S/C21H13Cl3N4OS/c22-13-7-6-12(9-15(13)24)20(29)28-21(30)27-18-10-11(5-8-14(18)23)19-25-16-3-1-2-4-17(16)26-19/h1-10H,(H,25,26)(H2,27,28,29,30). The van der Waals surface area contributed by atoms with E-state index in [1.165, 1.54) is 6.07 Å². The summed E-state index contributed by atoms with van der Waals surface area (Å²) in [7, 11) is 0. The van der Waals surface area contributed by atoms with Crippen LogP contribution < -0.4 is 10.6 Å². The number of hydrogen-bond donors (Lipinski definition) is 3. The van der Waals surface area contributed by atoms with Crippen molar-refractivity contribution in [2.24, 2.45) is 0 Å². The van der Waals surface area contributed by atoms with Crippen molar-refractivity contribution in [2.45, 2.75) is 0 Å². The van der Waals surface area contributed by atoms with Crippen LogP contribution in [0, 0.1) is 0 Å². The predicted molar refractivity (Wildman–Crippen MR) is 127 cm³/mol. The second-order valence-electron chi connectivity index (χ2n) is 6.33. The van der Waals surface area contributed by atoms with Crippen molar-refractivity contribution in [3.05, 3.63) is 81.3 Å². The topological polar surface area (TPSA) is 69.8 Å². The molecule has 1 amide bonds. The molecule has 0 fully saturated rings. The summed E-state index contributed by atoms with van der Waals surface area (Å²) >= 11 is 23.4. The Kier molecular flexibility index (Phi) is 5.92. The fourth-order valence-corrected chi connectivity index (χ4v) is 3.49. The van der Waals surface area contributed by atoms with E-state index in [0.29, 0.717) is 27.1 Å². The molecule has 0 saturated heterocycles. The first-order chi connectivity index (χ1) is 14.4. The minimum Gasteiger partial charge on any atom is -0.338 e. The highest BCUT2D eigenvalue weighted by Crippen LogP contribution is 2.29. The number of halogens is 3. The van der Waals surface area contributed by atoms with Gasteiger partial charge >= 0.3 is 0 Å². The Bertz CT molecular complexity index is 1260. The third-order valence-corrected chi connectivity index (χ3v) is 5.56. The van der Waals surface area contributed by atoms with E-state index in [4.69, 9.17) is 47.0 Å². The molecule has 150 valence electrons. The number of hydrogen-bond acceptors (Lipinski definition) is 3. The second-order valence-corrected chi connectivity index (χ2v) is 7.96. The predicted octanol–water partition coefficient (Wildman–Crippen LogP) is 6.32. The van der Waals surface area contributed by atoms with E-state index in [2.05, 4.69) is 20.6 Å². The third-order valence-electron chi connectivity index (χ3n) is 4.29. The van der Waals surface area contributed by atoms with Gasteiger partial charge in [-0.15, -0.1) is 0 Å². The van der Waals surface area contributed by atoms with Crippen LogP contribution in [0.4, 0.5) is 5.69 Å². The van der Waals surface area contributed by atoms with E-state index >= 15 is 0 Å². The minimum atomic E-state index is -0.421. The number of carbonyl (C=O) groups excluding carboxylic acids is 1. The van der Waals surface area contributed by atoms with Crippen LogP contribution in [-0.2, 0) is 0 Å². The van der Waals surface area contributed by atoms with Gasteiger partial charge in [0.2, 0.25) is 0 Å². The van der Waals surface area contributed by atoms with Gasteiger partial charge in [-0.25, -0.2) is 4.98 Å². The van der Waals surface area contributed by atoms with E-state index in [1.54, 1.807) is 24.3 Å². The lowest BCUT2D eigenvalue weighted by molar-refractivity contribution is 0.0977. The van der Waals surface area contributed by atoms with Gasteiger partial charge in [-0.05, 0) is 60.7 Å². The van der Waals surface area contributed by atoms with Crippen LogP contribution in [0.3, 0.4) is 0 Å². The van der Waals surface area contributed by atoms with Crippen LogP contribution in [0.1, 0.15) is 10.4 Å². The van der Waals surface area contributed by atoms with Gasteiger partial charge in [-0.2, -0.15) is 0 Å². The smallest absolute Gasteiger partial charge is 0.257 e. The number of imidazole rings is 1. The van der Waals surface area contributed by atoms with E-state index in [0.717, 1.165) is 16.6 Å². The number of H-pyrrole nitrogens is 1. The summed E-state index contributed by atoms with van der Waals surface area (Å²) in [6, 6.07) is 17.7. The summed E-state index contributed by atoms with van der Waals surface area (Å²) in [6.07, 6.45) is 0. The average Bonchev–Trinajstić information content (AvgIpc) is 3.16. The van der Waals surface area contributed by atoms with Gasteiger partial charge in [0.1, 0.15) is 5.82 Å². The number of anilines is 1. The highest BCUT2D eigenvalue weighted by Gasteiger charge is 2.13. The Morgan fingerprint density at radius 2 is 1.70 bits per heavy atom. The third kappa shape index (κ3) is 4.42. The number of nitrogens with one attached hydrogen (secondary N) is 3. The van der Waals surface area contributed by atoms with Crippen molar-refractivity contribution in [1.29, 1.82) is 0 Å². The van der Waals surface area contributed by atoms with Crippen molar-refractivity contribution in [3.8, 4) is 11.4 Å². The van der Waals surface area contributed by atoms with Gasteiger partial charge in [0, 0.05) is 11.1 Å². The number of thiocarbonyl (C=S) groups is 1. The summed E-state index contributed by atoms with van der Waals surface area (Å²) in [5.74, 6) is 0.275. The first-order valence-corrected chi connectivity index (χ1v) is 10.3. The van der Waals surface area contributed by atoms with Crippen LogP contribution in [0.25, 0.3) is 22.4 Å². The molecule has 0 spiro atoms. The van der Waals surface area contributed by atoms with Gasteiger partial charge in [0.25, 0.3) is 5.91 Å². The Morgan fingerprint density at radius 3 is 2.47 bits per heavy atom. The number of aromatic amines is 1. The number of fused-ring (bicyclic) bond motifs is 1. The molecule has 4 rings (SSSR count).